The fraction of sp³-hybridized carbons (Fsp3) is 0.533. The molecule has 104 valence electrons. The fourth-order valence-electron chi connectivity index (χ4n) is 2.23. The highest BCUT2D eigenvalue weighted by Crippen LogP contribution is 2.37. The smallest absolute Gasteiger partial charge is 0.241 e. The third-order valence-electron chi connectivity index (χ3n) is 3.57. The third-order valence-corrected chi connectivity index (χ3v) is 4.98. The highest BCUT2D eigenvalue weighted by molar-refractivity contribution is 8.00. The Kier molecular flexibility index (Phi) is 5.28. The molecule has 0 radical (unpaired) electrons. The van der Waals surface area contributed by atoms with Gasteiger partial charge in [0.15, 0.2) is 0 Å². The Balaban J connectivity index is 2.05. The Hall–Kier alpha value is -1.00. The molecule has 1 aromatic carbocycles. The molecule has 0 bridgehead atoms. The Morgan fingerprint density at radius 1 is 1.32 bits per heavy atom. The number of para-hydroxylation sites is 1. The summed E-state index contributed by atoms with van der Waals surface area (Å²) < 4.78 is 0. The summed E-state index contributed by atoms with van der Waals surface area (Å²) in [5.41, 5.74) is 0.937. The summed E-state index contributed by atoms with van der Waals surface area (Å²) in [7, 11) is 1.80. The number of anilines is 1. The van der Waals surface area contributed by atoms with Crippen molar-refractivity contribution in [2.24, 2.45) is 0 Å². The lowest BCUT2D eigenvalue weighted by molar-refractivity contribution is -0.117. The van der Waals surface area contributed by atoms with Crippen LogP contribution in [-0.4, -0.2) is 24.2 Å². The van der Waals surface area contributed by atoms with Gasteiger partial charge in [0.2, 0.25) is 5.91 Å². The molecule has 19 heavy (non-hydrogen) atoms. The molecule has 0 saturated heterocycles. The summed E-state index contributed by atoms with van der Waals surface area (Å²) in [5, 5.41) is 6.68. The Bertz CT molecular complexity index is 430. The van der Waals surface area contributed by atoms with Gasteiger partial charge in [0.1, 0.15) is 0 Å². The van der Waals surface area contributed by atoms with Crippen LogP contribution in [-0.2, 0) is 4.79 Å². The molecule has 1 unspecified atom stereocenters. The number of benzene rings is 1. The van der Waals surface area contributed by atoms with Crippen molar-refractivity contribution in [2.45, 2.75) is 48.8 Å². The molecule has 0 spiro atoms. The van der Waals surface area contributed by atoms with E-state index in [1.165, 1.54) is 30.6 Å². The molecule has 1 aliphatic rings. The first-order valence-electron chi connectivity index (χ1n) is 6.94. The van der Waals surface area contributed by atoms with E-state index in [2.05, 4.69) is 16.7 Å². The van der Waals surface area contributed by atoms with Crippen LogP contribution in [0.25, 0.3) is 0 Å². The van der Waals surface area contributed by atoms with Gasteiger partial charge in [0, 0.05) is 10.1 Å². The molecule has 1 aromatic rings. The summed E-state index contributed by atoms with van der Waals surface area (Å²) in [6.45, 7) is 1.86. The first-order valence-corrected chi connectivity index (χ1v) is 7.82. The zero-order chi connectivity index (χ0) is 13.7. The third kappa shape index (κ3) is 3.98. The van der Waals surface area contributed by atoms with Crippen LogP contribution in [0.2, 0.25) is 0 Å². The second-order valence-corrected chi connectivity index (χ2v) is 6.36. The molecular weight excluding hydrogens is 256 g/mol. The van der Waals surface area contributed by atoms with Crippen LogP contribution in [0.3, 0.4) is 0 Å². The number of rotatable bonds is 5. The lowest BCUT2D eigenvalue weighted by Gasteiger charge is -2.16. The molecule has 1 amide bonds. The number of nitrogens with one attached hydrogen (secondary N) is 2. The average molecular weight is 278 g/mol. The molecule has 0 heterocycles. The van der Waals surface area contributed by atoms with Crippen molar-refractivity contribution >= 4 is 23.4 Å². The van der Waals surface area contributed by atoms with Gasteiger partial charge >= 0.3 is 0 Å². The maximum Gasteiger partial charge on any atom is 0.241 e. The highest BCUT2D eigenvalue weighted by atomic mass is 32.2. The molecule has 2 N–H and O–H groups in total. The van der Waals surface area contributed by atoms with Crippen molar-refractivity contribution in [3.8, 4) is 0 Å². The first kappa shape index (κ1) is 14.4. The standard InChI is InChI=1S/C15H22N2OS/c1-11(16-2)15(18)17-13-9-5-6-10-14(13)19-12-7-3-4-8-12/h5-6,9-12,16H,3-4,7-8H2,1-2H3,(H,17,18). The van der Waals surface area contributed by atoms with Gasteiger partial charge in [-0.05, 0) is 38.9 Å². The number of likely N-dealkylation sites (N-methyl/N-ethyl adjacent to an activating group) is 1. The van der Waals surface area contributed by atoms with Crippen LogP contribution in [0.5, 0.6) is 0 Å². The van der Waals surface area contributed by atoms with Gasteiger partial charge in [0.25, 0.3) is 0 Å². The number of carbonyl (C=O) groups is 1. The van der Waals surface area contributed by atoms with E-state index in [-0.39, 0.29) is 11.9 Å². The van der Waals surface area contributed by atoms with Crippen LogP contribution in [0.15, 0.2) is 29.2 Å². The predicted molar refractivity (Wildman–Crippen MR) is 81.7 cm³/mol. The Morgan fingerprint density at radius 2 is 2.00 bits per heavy atom. The normalized spacial score (nSPS) is 17.4. The molecule has 0 aromatic heterocycles. The lowest BCUT2D eigenvalue weighted by Crippen LogP contribution is -2.35. The number of carbonyl (C=O) groups excluding carboxylic acids is 1. The Morgan fingerprint density at radius 3 is 2.68 bits per heavy atom. The van der Waals surface area contributed by atoms with Crippen molar-refractivity contribution in [1.82, 2.24) is 5.32 Å². The maximum atomic E-state index is 12.0. The van der Waals surface area contributed by atoms with E-state index in [1.807, 2.05) is 36.9 Å². The molecular formula is C15H22N2OS. The van der Waals surface area contributed by atoms with Gasteiger partial charge in [-0.15, -0.1) is 11.8 Å². The topological polar surface area (TPSA) is 41.1 Å². The van der Waals surface area contributed by atoms with Crippen molar-refractivity contribution in [3.63, 3.8) is 0 Å². The molecule has 1 atom stereocenters. The molecule has 1 aliphatic carbocycles. The van der Waals surface area contributed by atoms with E-state index < -0.39 is 0 Å². The predicted octanol–water partition coefficient (Wildman–Crippen LogP) is 3.27. The SMILES string of the molecule is CNC(C)C(=O)Nc1ccccc1SC1CCCC1. The molecule has 1 saturated carbocycles. The molecule has 4 heteroatoms. The average Bonchev–Trinajstić information content (AvgIpc) is 2.93. The highest BCUT2D eigenvalue weighted by Gasteiger charge is 2.18. The molecule has 1 fully saturated rings. The first-order chi connectivity index (χ1) is 9.20. The lowest BCUT2D eigenvalue weighted by atomic mass is 10.2. The summed E-state index contributed by atoms with van der Waals surface area (Å²) in [4.78, 5) is 13.1. The summed E-state index contributed by atoms with van der Waals surface area (Å²) in [6, 6.07) is 7.91. The van der Waals surface area contributed by atoms with Crippen LogP contribution in [0.4, 0.5) is 5.69 Å². The van der Waals surface area contributed by atoms with E-state index in [0.717, 1.165) is 5.69 Å². The van der Waals surface area contributed by atoms with Gasteiger partial charge in [-0.25, -0.2) is 0 Å². The van der Waals surface area contributed by atoms with Crippen molar-refractivity contribution in [1.29, 1.82) is 0 Å². The van der Waals surface area contributed by atoms with E-state index in [4.69, 9.17) is 0 Å². The minimum Gasteiger partial charge on any atom is -0.324 e. The van der Waals surface area contributed by atoms with Crippen LogP contribution >= 0.6 is 11.8 Å². The minimum absolute atomic E-state index is 0.0157. The quantitative estimate of drug-likeness (QED) is 0.868. The second-order valence-electron chi connectivity index (χ2n) is 5.02. The van der Waals surface area contributed by atoms with Gasteiger partial charge < -0.3 is 10.6 Å². The van der Waals surface area contributed by atoms with Gasteiger partial charge in [-0.2, -0.15) is 0 Å². The minimum atomic E-state index is -0.176. The zero-order valence-electron chi connectivity index (χ0n) is 11.6. The number of amides is 1. The van der Waals surface area contributed by atoms with E-state index >= 15 is 0 Å². The summed E-state index contributed by atoms with van der Waals surface area (Å²) in [6.07, 6.45) is 5.26. The van der Waals surface area contributed by atoms with Crippen molar-refractivity contribution in [2.75, 3.05) is 12.4 Å². The van der Waals surface area contributed by atoms with E-state index in [0.29, 0.717) is 5.25 Å². The largest absolute Gasteiger partial charge is 0.324 e. The molecule has 2 rings (SSSR count). The molecule has 0 aliphatic heterocycles. The Labute approximate surface area is 119 Å². The van der Waals surface area contributed by atoms with Crippen LogP contribution < -0.4 is 10.6 Å². The molecule has 3 nitrogen and oxygen atoms in total. The van der Waals surface area contributed by atoms with Crippen molar-refractivity contribution in [3.05, 3.63) is 24.3 Å². The second kappa shape index (κ2) is 6.96. The van der Waals surface area contributed by atoms with E-state index in [9.17, 15) is 4.79 Å². The van der Waals surface area contributed by atoms with Crippen LogP contribution in [0, 0.1) is 0 Å². The number of thioether (sulfide) groups is 1. The van der Waals surface area contributed by atoms with Gasteiger partial charge in [0.05, 0.1) is 11.7 Å². The summed E-state index contributed by atoms with van der Waals surface area (Å²) in [5.74, 6) is 0.0157. The summed E-state index contributed by atoms with van der Waals surface area (Å²) >= 11 is 1.90. The maximum absolute atomic E-state index is 12.0. The number of hydrogen-bond acceptors (Lipinski definition) is 3. The van der Waals surface area contributed by atoms with Crippen LogP contribution in [0.1, 0.15) is 32.6 Å². The van der Waals surface area contributed by atoms with Gasteiger partial charge in [-0.1, -0.05) is 25.0 Å². The van der Waals surface area contributed by atoms with Gasteiger partial charge in [-0.3, -0.25) is 4.79 Å². The zero-order valence-corrected chi connectivity index (χ0v) is 12.4. The fourth-order valence-corrected chi connectivity index (χ4v) is 3.56. The number of hydrogen-bond donors (Lipinski definition) is 2. The van der Waals surface area contributed by atoms with E-state index in [1.54, 1.807) is 7.05 Å². The monoisotopic (exact) mass is 278 g/mol. The van der Waals surface area contributed by atoms with Crippen molar-refractivity contribution < 1.29 is 4.79 Å².